The van der Waals surface area contributed by atoms with E-state index in [-0.39, 0.29) is 5.41 Å². The molecule has 1 heterocycles. The van der Waals surface area contributed by atoms with Crippen molar-refractivity contribution in [1.82, 2.24) is 4.98 Å². The Bertz CT molecular complexity index is 248. The Morgan fingerprint density at radius 1 is 1.36 bits per heavy atom. The number of rotatable bonds is 0. The van der Waals surface area contributed by atoms with Gasteiger partial charge in [0.1, 0.15) is 0 Å². The molecule has 0 bridgehead atoms. The summed E-state index contributed by atoms with van der Waals surface area (Å²) in [5, 5.41) is 0. The predicted octanol–water partition coefficient (Wildman–Crippen LogP) is 1.96. The maximum absolute atomic E-state index is 5.74. The molecule has 2 nitrogen and oxygen atoms in total. The van der Waals surface area contributed by atoms with Crippen molar-refractivity contribution in [2.45, 2.75) is 26.2 Å². The first-order chi connectivity index (χ1) is 5.02. The van der Waals surface area contributed by atoms with Crippen molar-refractivity contribution in [2.24, 2.45) is 0 Å². The van der Waals surface area contributed by atoms with E-state index in [9.17, 15) is 0 Å². The molecule has 0 saturated carbocycles. The van der Waals surface area contributed by atoms with Crippen LogP contribution in [0.3, 0.4) is 0 Å². The Morgan fingerprint density at radius 2 is 2.00 bits per heavy atom. The summed E-state index contributed by atoms with van der Waals surface area (Å²) in [6, 6.07) is 3.73. The fourth-order valence-corrected chi connectivity index (χ4v) is 1.04. The maximum Gasteiger partial charge on any atom is 0.0685 e. The van der Waals surface area contributed by atoms with Crippen LogP contribution in [-0.4, -0.2) is 4.98 Å². The summed E-state index contributed by atoms with van der Waals surface area (Å²) in [7, 11) is 0. The van der Waals surface area contributed by atoms with Crippen LogP contribution in [-0.2, 0) is 5.41 Å². The lowest BCUT2D eigenvalue weighted by molar-refractivity contribution is 0.571. The van der Waals surface area contributed by atoms with Gasteiger partial charge in [-0.2, -0.15) is 0 Å². The number of hydrogen-bond acceptors (Lipinski definition) is 2. The molecule has 60 valence electrons. The van der Waals surface area contributed by atoms with E-state index >= 15 is 0 Å². The average Bonchev–Trinajstić information content (AvgIpc) is 1.86. The second-order valence-electron chi connectivity index (χ2n) is 3.69. The number of aromatic nitrogens is 1. The van der Waals surface area contributed by atoms with Crippen molar-refractivity contribution in [2.75, 3.05) is 5.73 Å². The Morgan fingerprint density at radius 3 is 2.36 bits per heavy atom. The third-order valence-electron chi connectivity index (χ3n) is 1.55. The highest BCUT2D eigenvalue weighted by Gasteiger charge is 2.17. The molecule has 11 heavy (non-hydrogen) atoms. The molecule has 1 aromatic rings. The second kappa shape index (κ2) is 2.53. The van der Waals surface area contributed by atoms with E-state index in [4.69, 9.17) is 5.73 Å². The van der Waals surface area contributed by atoms with Gasteiger partial charge in [-0.3, -0.25) is 4.98 Å². The van der Waals surface area contributed by atoms with Crippen LogP contribution >= 0.6 is 0 Å². The molecule has 1 aromatic heterocycles. The van der Waals surface area contributed by atoms with Gasteiger partial charge in [0.15, 0.2) is 0 Å². The summed E-state index contributed by atoms with van der Waals surface area (Å²) < 4.78 is 0. The molecule has 0 radical (unpaired) electrons. The summed E-state index contributed by atoms with van der Waals surface area (Å²) in [4.78, 5) is 4.22. The summed E-state index contributed by atoms with van der Waals surface area (Å²) in [5.41, 5.74) is 7.54. The number of nitrogens with two attached hydrogens (primary N) is 1. The topological polar surface area (TPSA) is 38.9 Å². The van der Waals surface area contributed by atoms with E-state index in [0.717, 1.165) is 11.4 Å². The SMILES string of the molecule is CC(C)(C)c1ncccc1N. The number of nitrogens with zero attached hydrogens (tertiary/aromatic N) is 1. The highest BCUT2D eigenvalue weighted by Crippen LogP contribution is 2.24. The molecular formula is C9H14N2. The highest BCUT2D eigenvalue weighted by atomic mass is 14.7. The zero-order valence-electron chi connectivity index (χ0n) is 7.26. The number of anilines is 1. The largest absolute Gasteiger partial charge is 0.397 e. The number of hydrogen-bond donors (Lipinski definition) is 1. The number of nitrogen functional groups attached to an aromatic ring is 1. The Hall–Kier alpha value is -1.05. The van der Waals surface area contributed by atoms with Crippen molar-refractivity contribution in [3.05, 3.63) is 24.0 Å². The Balaban J connectivity index is 3.14. The van der Waals surface area contributed by atoms with E-state index in [2.05, 4.69) is 25.8 Å². The van der Waals surface area contributed by atoms with E-state index in [1.54, 1.807) is 6.20 Å². The molecule has 0 atom stereocenters. The summed E-state index contributed by atoms with van der Waals surface area (Å²) in [6.07, 6.45) is 1.77. The van der Waals surface area contributed by atoms with E-state index in [1.165, 1.54) is 0 Å². The molecule has 0 spiro atoms. The zero-order chi connectivity index (χ0) is 8.48. The minimum atomic E-state index is 0.0470. The lowest BCUT2D eigenvalue weighted by Gasteiger charge is -2.18. The molecule has 0 aliphatic carbocycles. The minimum absolute atomic E-state index is 0.0470. The minimum Gasteiger partial charge on any atom is -0.397 e. The van der Waals surface area contributed by atoms with Crippen molar-refractivity contribution >= 4 is 5.69 Å². The molecule has 1 rings (SSSR count). The zero-order valence-corrected chi connectivity index (χ0v) is 7.26. The molecule has 0 aliphatic rings. The van der Waals surface area contributed by atoms with Gasteiger partial charge in [-0.15, -0.1) is 0 Å². The summed E-state index contributed by atoms with van der Waals surface area (Å²) in [5.74, 6) is 0. The fraction of sp³-hybridized carbons (Fsp3) is 0.444. The van der Waals surface area contributed by atoms with Crippen molar-refractivity contribution < 1.29 is 0 Å². The fourth-order valence-electron chi connectivity index (χ4n) is 1.04. The van der Waals surface area contributed by atoms with Crippen LogP contribution < -0.4 is 5.73 Å². The first-order valence-corrected chi connectivity index (χ1v) is 3.73. The van der Waals surface area contributed by atoms with Crippen LogP contribution in [0.4, 0.5) is 5.69 Å². The van der Waals surface area contributed by atoms with Gasteiger partial charge in [0, 0.05) is 11.6 Å². The highest BCUT2D eigenvalue weighted by molar-refractivity contribution is 5.45. The van der Waals surface area contributed by atoms with Crippen LogP contribution in [0.15, 0.2) is 18.3 Å². The summed E-state index contributed by atoms with van der Waals surface area (Å²) >= 11 is 0. The van der Waals surface area contributed by atoms with Crippen LogP contribution in [0, 0.1) is 0 Å². The first-order valence-electron chi connectivity index (χ1n) is 3.73. The van der Waals surface area contributed by atoms with E-state index in [0.29, 0.717) is 0 Å². The van der Waals surface area contributed by atoms with Crippen molar-refractivity contribution in [3.8, 4) is 0 Å². The molecule has 2 N–H and O–H groups in total. The van der Waals surface area contributed by atoms with Crippen LogP contribution in [0.5, 0.6) is 0 Å². The lowest BCUT2D eigenvalue weighted by atomic mass is 9.90. The lowest BCUT2D eigenvalue weighted by Crippen LogP contribution is -2.15. The number of pyridine rings is 1. The molecular weight excluding hydrogens is 136 g/mol. The van der Waals surface area contributed by atoms with Crippen LogP contribution in [0.2, 0.25) is 0 Å². The molecule has 2 heteroatoms. The van der Waals surface area contributed by atoms with E-state index in [1.807, 2.05) is 12.1 Å². The second-order valence-corrected chi connectivity index (χ2v) is 3.69. The average molecular weight is 150 g/mol. The van der Waals surface area contributed by atoms with Gasteiger partial charge < -0.3 is 5.73 Å². The van der Waals surface area contributed by atoms with Gasteiger partial charge in [0.05, 0.1) is 11.4 Å². The monoisotopic (exact) mass is 150 g/mol. The Kier molecular flexibility index (Phi) is 1.85. The normalized spacial score (nSPS) is 11.5. The van der Waals surface area contributed by atoms with Crippen molar-refractivity contribution in [3.63, 3.8) is 0 Å². The molecule has 0 fully saturated rings. The first kappa shape index (κ1) is 8.05. The van der Waals surface area contributed by atoms with Crippen LogP contribution in [0.25, 0.3) is 0 Å². The van der Waals surface area contributed by atoms with Gasteiger partial charge in [-0.1, -0.05) is 20.8 Å². The maximum atomic E-state index is 5.74. The van der Waals surface area contributed by atoms with Crippen LogP contribution in [0.1, 0.15) is 26.5 Å². The third kappa shape index (κ3) is 1.70. The molecule has 0 saturated heterocycles. The smallest absolute Gasteiger partial charge is 0.0685 e. The van der Waals surface area contributed by atoms with Crippen molar-refractivity contribution in [1.29, 1.82) is 0 Å². The quantitative estimate of drug-likeness (QED) is 0.614. The molecule has 0 unspecified atom stereocenters. The molecule has 0 aromatic carbocycles. The van der Waals surface area contributed by atoms with Gasteiger partial charge in [0.2, 0.25) is 0 Å². The van der Waals surface area contributed by atoms with E-state index < -0.39 is 0 Å². The predicted molar refractivity (Wildman–Crippen MR) is 47.3 cm³/mol. The standard InChI is InChI=1S/C9H14N2/c1-9(2,3)8-7(10)5-4-6-11-8/h4-6H,10H2,1-3H3. The molecule has 0 aliphatic heterocycles. The van der Waals surface area contributed by atoms with Gasteiger partial charge in [-0.05, 0) is 12.1 Å². The Labute approximate surface area is 67.5 Å². The summed E-state index contributed by atoms with van der Waals surface area (Å²) in [6.45, 7) is 6.31. The van der Waals surface area contributed by atoms with Gasteiger partial charge >= 0.3 is 0 Å². The van der Waals surface area contributed by atoms with Gasteiger partial charge in [-0.25, -0.2) is 0 Å². The third-order valence-corrected chi connectivity index (χ3v) is 1.55. The molecule has 0 amide bonds. The van der Waals surface area contributed by atoms with Gasteiger partial charge in [0.25, 0.3) is 0 Å².